The van der Waals surface area contributed by atoms with Crippen molar-refractivity contribution in [2.45, 2.75) is 25.8 Å². The van der Waals surface area contributed by atoms with E-state index in [1.165, 1.54) is 22.4 Å². The summed E-state index contributed by atoms with van der Waals surface area (Å²) < 4.78 is 0. The molecule has 2 aromatic rings. The number of nitrogens with zero attached hydrogens (tertiary/aromatic N) is 3. The normalized spacial score (nSPS) is 17.4. The third-order valence-electron chi connectivity index (χ3n) is 4.77. The lowest BCUT2D eigenvalue weighted by Gasteiger charge is -2.34. The van der Waals surface area contributed by atoms with Crippen LogP contribution in [0.1, 0.15) is 32.1 Å². The van der Waals surface area contributed by atoms with Gasteiger partial charge in [0.25, 0.3) is 5.91 Å². The molecule has 1 saturated heterocycles. The van der Waals surface area contributed by atoms with Gasteiger partial charge in [-0.25, -0.2) is 0 Å². The molecular formula is C18H22ClN3OS. The fourth-order valence-electron chi connectivity index (χ4n) is 3.45. The molecule has 4 rings (SSSR count). The number of rotatable bonds is 3. The third-order valence-corrected chi connectivity index (χ3v) is 6.00. The van der Waals surface area contributed by atoms with Gasteiger partial charge in [-0.1, -0.05) is 0 Å². The van der Waals surface area contributed by atoms with Gasteiger partial charge in [0.15, 0.2) is 0 Å². The Labute approximate surface area is 152 Å². The van der Waals surface area contributed by atoms with Crippen LogP contribution in [-0.4, -0.2) is 46.9 Å². The highest BCUT2D eigenvalue weighted by Crippen LogP contribution is 2.31. The third kappa shape index (κ3) is 3.63. The van der Waals surface area contributed by atoms with Crippen LogP contribution in [0.15, 0.2) is 30.6 Å². The van der Waals surface area contributed by atoms with Gasteiger partial charge in [0.1, 0.15) is 0 Å². The van der Waals surface area contributed by atoms with Crippen molar-refractivity contribution in [1.29, 1.82) is 0 Å². The Balaban J connectivity index is 0.00000169. The van der Waals surface area contributed by atoms with E-state index >= 15 is 0 Å². The Hall–Kier alpha value is -1.43. The van der Waals surface area contributed by atoms with Crippen LogP contribution >= 0.6 is 23.7 Å². The van der Waals surface area contributed by atoms with E-state index in [0.717, 1.165) is 50.4 Å². The fraction of sp³-hybridized carbons (Fsp3) is 0.444. The first-order valence-corrected chi connectivity index (χ1v) is 9.13. The molecule has 0 spiro atoms. The summed E-state index contributed by atoms with van der Waals surface area (Å²) in [5.41, 5.74) is 2.70. The van der Waals surface area contributed by atoms with E-state index in [-0.39, 0.29) is 18.3 Å². The van der Waals surface area contributed by atoms with Crippen LogP contribution in [0.5, 0.6) is 0 Å². The zero-order valence-corrected chi connectivity index (χ0v) is 15.2. The highest BCUT2D eigenvalue weighted by Gasteiger charge is 2.25. The minimum absolute atomic E-state index is 0. The lowest BCUT2D eigenvalue weighted by Crippen LogP contribution is -2.48. The number of fused-ring (bicyclic) bond motifs is 1. The van der Waals surface area contributed by atoms with Gasteiger partial charge in [-0.3, -0.25) is 14.7 Å². The topological polar surface area (TPSA) is 36.4 Å². The van der Waals surface area contributed by atoms with E-state index in [4.69, 9.17) is 0 Å². The second-order valence-corrected chi connectivity index (χ2v) is 7.47. The van der Waals surface area contributed by atoms with E-state index in [1.54, 1.807) is 11.3 Å². The molecule has 1 amide bonds. The first kappa shape index (κ1) is 17.4. The van der Waals surface area contributed by atoms with Gasteiger partial charge in [-0.2, -0.15) is 0 Å². The highest BCUT2D eigenvalue weighted by atomic mass is 35.5. The summed E-state index contributed by atoms with van der Waals surface area (Å²) in [7, 11) is 0. The van der Waals surface area contributed by atoms with Crippen LogP contribution < -0.4 is 0 Å². The summed E-state index contributed by atoms with van der Waals surface area (Å²) in [5, 5.41) is 0. The predicted octanol–water partition coefficient (Wildman–Crippen LogP) is 3.01. The molecule has 6 heteroatoms. The van der Waals surface area contributed by atoms with E-state index in [9.17, 15) is 4.79 Å². The van der Waals surface area contributed by atoms with Gasteiger partial charge in [-0.15, -0.1) is 23.7 Å². The fourth-order valence-corrected chi connectivity index (χ4v) is 4.67. The van der Waals surface area contributed by atoms with Crippen LogP contribution in [-0.2, 0) is 19.4 Å². The second-order valence-electron chi connectivity index (χ2n) is 6.34. The molecule has 0 bridgehead atoms. The number of piperazine rings is 1. The second kappa shape index (κ2) is 7.64. The van der Waals surface area contributed by atoms with Crippen LogP contribution in [0.3, 0.4) is 0 Å². The van der Waals surface area contributed by atoms with Crippen molar-refractivity contribution < 1.29 is 4.79 Å². The average Bonchev–Trinajstić information content (AvgIpc) is 3.17. The van der Waals surface area contributed by atoms with Crippen LogP contribution in [0.25, 0.3) is 0 Å². The zero-order valence-electron chi connectivity index (χ0n) is 13.6. The molecule has 0 saturated carbocycles. The van der Waals surface area contributed by atoms with Gasteiger partial charge in [-0.05, 0) is 48.6 Å². The monoisotopic (exact) mass is 363 g/mol. The number of pyridine rings is 1. The maximum Gasteiger partial charge on any atom is 0.264 e. The highest BCUT2D eigenvalue weighted by molar-refractivity contribution is 7.14. The van der Waals surface area contributed by atoms with Gasteiger partial charge < -0.3 is 4.90 Å². The Bertz CT molecular complexity index is 674. The predicted molar refractivity (Wildman–Crippen MR) is 99.0 cm³/mol. The molecule has 0 radical (unpaired) electrons. The average molecular weight is 364 g/mol. The summed E-state index contributed by atoms with van der Waals surface area (Å²) >= 11 is 1.72. The van der Waals surface area contributed by atoms with Crippen molar-refractivity contribution in [3.63, 3.8) is 0 Å². The number of aryl methyl sites for hydroxylation is 2. The number of carbonyl (C=O) groups is 1. The van der Waals surface area contributed by atoms with Crippen LogP contribution in [0.4, 0.5) is 0 Å². The minimum Gasteiger partial charge on any atom is -0.335 e. The molecule has 0 N–H and O–H groups in total. The smallest absolute Gasteiger partial charge is 0.264 e. The van der Waals surface area contributed by atoms with Gasteiger partial charge in [0.2, 0.25) is 0 Å². The maximum atomic E-state index is 12.7. The summed E-state index contributed by atoms with van der Waals surface area (Å²) in [4.78, 5) is 23.5. The molecular weight excluding hydrogens is 342 g/mol. The number of halogens is 1. The standard InChI is InChI=1S/C18H21N3OS.ClH/c22-18(17-12-15-2-1-3-16(15)23-17)21-10-8-20(9-11-21)13-14-4-6-19-7-5-14;/h4-7,12H,1-3,8-11,13H2;1H. The maximum absolute atomic E-state index is 12.7. The van der Waals surface area contributed by atoms with E-state index < -0.39 is 0 Å². The van der Waals surface area contributed by atoms with Crippen molar-refractivity contribution in [3.8, 4) is 0 Å². The molecule has 1 aliphatic heterocycles. The summed E-state index contributed by atoms with van der Waals surface area (Å²) in [6, 6.07) is 6.26. The Morgan fingerprint density at radius 3 is 2.58 bits per heavy atom. The van der Waals surface area contributed by atoms with Crippen molar-refractivity contribution in [1.82, 2.24) is 14.8 Å². The minimum atomic E-state index is 0. The number of amides is 1. The zero-order chi connectivity index (χ0) is 15.6. The Morgan fingerprint density at radius 2 is 1.88 bits per heavy atom. The molecule has 4 nitrogen and oxygen atoms in total. The summed E-state index contributed by atoms with van der Waals surface area (Å²) in [5.74, 6) is 0.230. The number of carbonyl (C=O) groups excluding carboxylic acids is 1. The number of hydrogen-bond acceptors (Lipinski definition) is 4. The van der Waals surface area contributed by atoms with E-state index in [1.807, 2.05) is 17.3 Å². The molecule has 24 heavy (non-hydrogen) atoms. The van der Waals surface area contributed by atoms with Crippen molar-refractivity contribution in [3.05, 3.63) is 51.5 Å². The first-order chi connectivity index (χ1) is 11.3. The molecule has 0 aromatic carbocycles. The van der Waals surface area contributed by atoms with E-state index in [0.29, 0.717) is 0 Å². The van der Waals surface area contributed by atoms with Crippen molar-refractivity contribution in [2.75, 3.05) is 26.2 Å². The van der Waals surface area contributed by atoms with Gasteiger partial charge in [0.05, 0.1) is 4.88 Å². The molecule has 3 heterocycles. The van der Waals surface area contributed by atoms with Crippen molar-refractivity contribution in [2.24, 2.45) is 0 Å². The number of hydrogen-bond donors (Lipinski definition) is 0. The van der Waals surface area contributed by atoms with Crippen LogP contribution in [0.2, 0.25) is 0 Å². The lowest BCUT2D eigenvalue weighted by molar-refractivity contribution is 0.0633. The Morgan fingerprint density at radius 1 is 1.12 bits per heavy atom. The molecule has 0 unspecified atom stereocenters. The number of aromatic nitrogens is 1. The van der Waals surface area contributed by atoms with Crippen molar-refractivity contribution >= 4 is 29.7 Å². The largest absolute Gasteiger partial charge is 0.335 e. The molecule has 2 aliphatic rings. The number of thiophene rings is 1. The SMILES string of the molecule is Cl.O=C(c1cc2c(s1)CCC2)N1CCN(Cc2ccncc2)CC1. The molecule has 0 atom stereocenters. The molecule has 1 aliphatic carbocycles. The molecule has 2 aromatic heterocycles. The first-order valence-electron chi connectivity index (χ1n) is 8.32. The summed E-state index contributed by atoms with van der Waals surface area (Å²) in [6.45, 7) is 4.48. The summed E-state index contributed by atoms with van der Waals surface area (Å²) in [6.07, 6.45) is 7.24. The van der Waals surface area contributed by atoms with Gasteiger partial charge >= 0.3 is 0 Å². The van der Waals surface area contributed by atoms with Crippen LogP contribution in [0, 0.1) is 0 Å². The molecule has 128 valence electrons. The van der Waals surface area contributed by atoms with Gasteiger partial charge in [0, 0.05) is 50.0 Å². The molecule has 1 fully saturated rings. The Kier molecular flexibility index (Phi) is 5.54. The lowest BCUT2D eigenvalue weighted by atomic mass is 10.2. The quantitative estimate of drug-likeness (QED) is 0.841. The van der Waals surface area contributed by atoms with E-state index in [2.05, 4.69) is 28.1 Å².